The molecule has 1 N–H and O–H groups in total. The number of thioether (sulfide) groups is 1. The van der Waals surface area contributed by atoms with Crippen molar-refractivity contribution in [3.05, 3.63) is 51.3 Å². The first-order valence-corrected chi connectivity index (χ1v) is 8.10. The normalized spacial score (nSPS) is 10.1. The van der Waals surface area contributed by atoms with Gasteiger partial charge in [-0.1, -0.05) is 13.0 Å². The molecule has 2 nitrogen and oxygen atoms in total. The molecule has 5 heteroatoms. The Morgan fingerprint density at radius 3 is 2.75 bits per heavy atom. The predicted molar refractivity (Wildman–Crippen MR) is 90.0 cm³/mol. The highest BCUT2D eigenvalue weighted by molar-refractivity contribution is 14.1. The zero-order valence-corrected chi connectivity index (χ0v) is 13.8. The zero-order chi connectivity index (χ0) is 14.5. The quantitative estimate of drug-likeness (QED) is 0.571. The fraction of sp³-hybridized carbons (Fsp3) is 0.133. The first kappa shape index (κ1) is 15.1. The van der Waals surface area contributed by atoms with Crippen molar-refractivity contribution in [1.82, 2.24) is 0 Å². The fourth-order valence-corrected chi connectivity index (χ4v) is 3.16. The van der Waals surface area contributed by atoms with E-state index in [9.17, 15) is 9.65 Å². The van der Waals surface area contributed by atoms with Gasteiger partial charge in [0.1, 0.15) is 11.9 Å². The topological polar surface area (TPSA) is 35.8 Å². The van der Waals surface area contributed by atoms with E-state index in [4.69, 9.17) is 0 Å². The summed E-state index contributed by atoms with van der Waals surface area (Å²) in [5.74, 6) is 0.641. The highest BCUT2D eigenvalue weighted by Gasteiger charge is 2.09. The van der Waals surface area contributed by atoms with Crippen LogP contribution in [0.15, 0.2) is 41.3 Å². The molecule has 0 unspecified atom stereocenters. The smallest absolute Gasteiger partial charge is 0.124 e. The molecule has 0 aliphatic carbocycles. The van der Waals surface area contributed by atoms with Crippen molar-refractivity contribution in [1.29, 1.82) is 5.26 Å². The lowest BCUT2D eigenvalue weighted by atomic mass is 10.2. The van der Waals surface area contributed by atoms with Crippen molar-refractivity contribution in [3.63, 3.8) is 0 Å². The Balaban J connectivity index is 2.38. The summed E-state index contributed by atoms with van der Waals surface area (Å²) in [4.78, 5) is 0.956. The minimum Gasteiger partial charge on any atom is -0.354 e. The summed E-state index contributed by atoms with van der Waals surface area (Å²) in [6, 6.07) is 12.5. The minimum atomic E-state index is -0.268. The van der Waals surface area contributed by atoms with Crippen molar-refractivity contribution >= 4 is 45.7 Å². The van der Waals surface area contributed by atoms with Crippen molar-refractivity contribution in [2.45, 2.75) is 11.8 Å². The average molecular weight is 398 g/mol. The fourth-order valence-electron chi connectivity index (χ4n) is 1.76. The van der Waals surface area contributed by atoms with Gasteiger partial charge in [0.2, 0.25) is 0 Å². The predicted octanol–water partition coefficient (Wildman–Crippen LogP) is 5.16. The van der Waals surface area contributed by atoms with Crippen molar-refractivity contribution < 1.29 is 4.39 Å². The van der Waals surface area contributed by atoms with Gasteiger partial charge in [0, 0.05) is 8.47 Å². The van der Waals surface area contributed by atoms with Crippen molar-refractivity contribution in [3.8, 4) is 6.07 Å². The monoisotopic (exact) mass is 398 g/mol. The van der Waals surface area contributed by atoms with E-state index in [1.165, 1.54) is 12.1 Å². The van der Waals surface area contributed by atoms with Crippen LogP contribution in [0.3, 0.4) is 0 Å². The van der Waals surface area contributed by atoms with Gasteiger partial charge in [-0.15, -0.1) is 11.8 Å². The van der Waals surface area contributed by atoms with E-state index in [0.29, 0.717) is 5.56 Å². The first-order chi connectivity index (χ1) is 9.65. The minimum absolute atomic E-state index is 0.268. The number of nitriles is 1. The molecule has 0 aromatic heterocycles. The second-order valence-electron chi connectivity index (χ2n) is 3.97. The van der Waals surface area contributed by atoms with Crippen LogP contribution in [-0.4, -0.2) is 5.75 Å². The lowest BCUT2D eigenvalue weighted by Gasteiger charge is -2.12. The van der Waals surface area contributed by atoms with Crippen LogP contribution in [0.25, 0.3) is 0 Å². The molecule has 0 radical (unpaired) electrons. The number of nitrogens with zero attached hydrogens (tertiary/aromatic N) is 1. The molecule has 0 atom stereocenters. The van der Waals surface area contributed by atoms with Gasteiger partial charge in [0.05, 0.1) is 16.9 Å². The van der Waals surface area contributed by atoms with Crippen molar-refractivity contribution in [2.24, 2.45) is 0 Å². The van der Waals surface area contributed by atoms with E-state index >= 15 is 0 Å². The molecule has 0 saturated carbocycles. The van der Waals surface area contributed by atoms with E-state index in [1.54, 1.807) is 17.8 Å². The summed E-state index contributed by atoms with van der Waals surface area (Å²) in [6.45, 7) is 2.05. The highest BCUT2D eigenvalue weighted by Crippen LogP contribution is 2.31. The number of benzene rings is 2. The summed E-state index contributed by atoms with van der Waals surface area (Å²) >= 11 is 3.70. The highest BCUT2D eigenvalue weighted by atomic mass is 127. The Kier molecular flexibility index (Phi) is 5.26. The maximum atomic E-state index is 13.1. The molecule has 0 saturated heterocycles. The Morgan fingerprint density at radius 2 is 2.10 bits per heavy atom. The molecule has 0 amide bonds. The van der Waals surface area contributed by atoms with Crippen molar-refractivity contribution in [2.75, 3.05) is 11.1 Å². The Hall–Kier alpha value is -1.26. The molecule has 0 spiro atoms. The Morgan fingerprint density at radius 1 is 1.30 bits per heavy atom. The molecule has 0 fully saturated rings. The number of halogens is 2. The largest absolute Gasteiger partial charge is 0.354 e. The van der Waals surface area contributed by atoms with Gasteiger partial charge in [-0.3, -0.25) is 0 Å². The maximum Gasteiger partial charge on any atom is 0.124 e. The third-order valence-electron chi connectivity index (χ3n) is 2.64. The van der Waals surface area contributed by atoms with Crippen LogP contribution in [0, 0.1) is 20.7 Å². The summed E-state index contributed by atoms with van der Waals surface area (Å²) in [5.41, 5.74) is 2.16. The number of hydrogen-bond acceptors (Lipinski definition) is 3. The van der Waals surface area contributed by atoms with E-state index in [1.807, 2.05) is 18.2 Å². The van der Waals surface area contributed by atoms with Gasteiger partial charge < -0.3 is 5.32 Å². The van der Waals surface area contributed by atoms with E-state index in [2.05, 4.69) is 40.9 Å². The molecule has 0 aliphatic heterocycles. The standard InChI is InChI=1S/C15H12FIN2S/c1-2-20-15-5-3-4-13(11(15)9-18)19-14-7-6-10(16)8-12(14)17/h3-8,19H,2H2,1H3. The second kappa shape index (κ2) is 6.95. The van der Waals surface area contributed by atoms with Gasteiger partial charge >= 0.3 is 0 Å². The molecular formula is C15H12FIN2S. The zero-order valence-electron chi connectivity index (χ0n) is 10.8. The molecule has 0 heterocycles. The van der Waals surface area contributed by atoms with Crippen LogP contribution in [0.5, 0.6) is 0 Å². The Labute approximate surface area is 135 Å². The van der Waals surface area contributed by atoms with Crippen LogP contribution in [0.2, 0.25) is 0 Å². The van der Waals surface area contributed by atoms with E-state index < -0.39 is 0 Å². The Bertz CT molecular complexity index is 667. The second-order valence-corrected chi connectivity index (χ2v) is 6.44. The van der Waals surface area contributed by atoms with E-state index in [0.717, 1.165) is 25.6 Å². The molecule has 2 aromatic carbocycles. The van der Waals surface area contributed by atoms with Gasteiger partial charge in [-0.2, -0.15) is 5.26 Å². The first-order valence-electron chi connectivity index (χ1n) is 6.03. The summed E-state index contributed by atoms with van der Waals surface area (Å²) in [6.07, 6.45) is 0. The van der Waals surface area contributed by atoms with E-state index in [-0.39, 0.29) is 5.82 Å². The van der Waals surface area contributed by atoms with Crippen LogP contribution in [0.4, 0.5) is 15.8 Å². The molecular weight excluding hydrogens is 386 g/mol. The number of nitrogens with one attached hydrogen (secondary N) is 1. The molecule has 2 aromatic rings. The number of hydrogen-bond donors (Lipinski definition) is 1. The lowest BCUT2D eigenvalue weighted by Crippen LogP contribution is -1.97. The molecule has 2 rings (SSSR count). The molecule has 0 aliphatic rings. The third kappa shape index (κ3) is 3.44. The summed E-state index contributed by atoms with van der Waals surface area (Å²) in [7, 11) is 0. The summed E-state index contributed by atoms with van der Waals surface area (Å²) in [5, 5.41) is 12.6. The SMILES string of the molecule is CCSc1cccc(Nc2ccc(F)cc2I)c1C#N. The number of anilines is 2. The lowest BCUT2D eigenvalue weighted by molar-refractivity contribution is 0.627. The van der Waals surface area contributed by atoms with Crippen LogP contribution < -0.4 is 5.32 Å². The molecule has 0 bridgehead atoms. The molecule has 20 heavy (non-hydrogen) atoms. The van der Waals surface area contributed by atoms with Gasteiger partial charge in [-0.25, -0.2) is 4.39 Å². The molecule has 102 valence electrons. The van der Waals surface area contributed by atoms with Gasteiger partial charge in [0.15, 0.2) is 0 Å². The third-order valence-corrected chi connectivity index (χ3v) is 4.47. The van der Waals surface area contributed by atoms with Crippen LogP contribution >= 0.6 is 34.4 Å². The van der Waals surface area contributed by atoms with Gasteiger partial charge in [-0.05, 0) is 58.7 Å². The van der Waals surface area contributed by atoms with Gasteiger partial charge in [0.25, 0.3) is 0 Å². The average Bonchev–Trinajstić information content (AvgIpc) is 2.42. The van der Waals surface area contributed by atoms with Crippen LogP contribution in [-0.2, 0) is 0 Å². The summed E-state index contributed by atoms with van der Waals surface area (Å²) < 4.78 is 13.9. The number of rotatable bonds is 4. The maximum absolute atomic E-state index is 13.1. The van der Waals surface area contributed by atoms with Crippen LogP contribution in [0.1, 0.15) is 12.5 Å².